The van der Waals surface area contributed by atoms with Crippen LogP contribution in [-0.4, -0.2) is 37.6 Å². The van der Waals surface area contributed by atoms with E-state index in [0.29, 0.717) is 37.2 Å². The lowest BCUT2D eigenvalue weighted by Gasteiger charge is -2.12. The monoisotopic (exact) mass is 311 g/mol. The average molecular weight is 312 g/mol. The first-order valence-electron chi connectivity index (χ1n) is 6.63. The highest BCUT2D eigenvalue weighted by molar-refractivity contribution is 6.34. The number of nitrogens with one attached hydrogen (secondary N) is 2. The van der Waals surface area contributed by atoms with Crippen LogP contribution in [0.5, 0.6) is 0 Å². The van der Waals surface area contributed by atoms with Gasteiger partial charge in [0.15, 0.2) is 0 Å². The lowest BCUT2D eigenvalue weighted by Crippen LogP contribution is -2.37. The summed E-state index contributed by atoms with van der Waals surface area (Å²) in [5, 5.41) is 5.65. The van der Waals surface area contributed by atoms with Gasteiger partial charge in [0.25, 0.3) is 5.91 Å². The quantitative estimate of drug-likeness (QED) is 0.687. The van der Waals surface area contributed by atoms with Crippen LogP contribution in [0.1, 0.15) is 23.2 Å². The van der Waals surface area contributed by atoms with Gasteiger partial charge >= 0.3 is 0 Å². The molecule has 0 radical (unpaired) electrons. The Morgan fingerprint density at radius 1 is 1.43 bits per heavy atom. The highest BCUT2D eigenvalue weighted by atomic mass is 35.5. The van der Waals surface area contributed by atoms with Crippen LogP contribution < -0.4 is 16.4 Å². The van der Waals surface area contributed by atoms with Crippen LogP contribution in [0.25, 0.3) is 0 Å². The van der Waals surface area contributed by atoms with Gasteiger partial charge in [-0.15, -0.1) is 0 Å². The minimum Gasteiger partial charge on any atom is -0.383 e. The summed E-state index contributed by atoms with van der Waals surface area (Å²) in [6.45, 7) is 0.829. The molecular weight excluding hydrogens is 294 g/mol. The first-order chi connectivity index (χ1) is 9.96. The Labute approximate surface area is 128 Å². The highest BCUT2D eigenvalue weighted by Gasteiger charge is 2.45. The predicted molar refractivity (Wildman–Crippen MR) is 80.4 cm³/mol. The van der Waals surface area contributed by atoms with E-state index in [1.54, 1.807) is 19.2 Å². The lowest BCUT2D eigenvalue weighted by molar-refractivity contribution is -0.118. The summed E-state index contributed by atoms with van der Waals surface area (Å²) in [6, 6.07) is 4.73. The Hall–Kier alpha value is -1.63. The van der Waals surface area contributed by atoms with Gasteiger partial charge in [-0.1, -0.05) is 11.6 Å². The maximum Gasteiger partial charge on any atom is 0.252 e. The predicted octanol–water partition coefficient (Wildman–Crippen LogP) is 1.15. The number of benzene rings is 1. The lowest BCUT2D eigenvalue weighted by atomic mass is 10.1. The van der Waals surface area contributed by atoms with Crippen LogP contribution in [0.4, 0.5) is 5.69 Å². The summed E-state index contributed by atoms with van der Waals surface area (Å²) < 4.78 is 4.85. The number of nitrogens with two attached hydrogens (primary N) is 1. The fourth-order valence-electron chi connectivity index (χ4n) is 1.76. The number of rotatable bonds is 6. The molecule has 0 aromatic heterocycles. The van der Waals surface area contributed by atoms with E-state index in [-0.39, 0.29) is 16.8 Å². The van der Waals surface area contributed by atoms with Gasteiger partial charge in [0.1, 0.15) is 0 Å². The van der Waals surface area contributed by atoms with Crippen molar-refractivity contribution in [1.29, 1.82) is 0 Å². The van der Waals surface area contributed by atoms with Gasteiger partial charge in [-0.05, 0) is 31.0 Å². The van der Waals surface area contributed by atoms with Crippen molar-refractivity contribution in [2.75, 3.05) is 25.6 Å². The first-order valence-corrected chi connectivity index (χ1v) is 7.01. The van der Waals surface area contributed by atoms with Gasteiger partial charge in [-0.25, -0.2) is 0 Å². The third-order valence-electron chi connectivity index (χ3n) is 3.30. The molecule has 2 rings (SSSR count). The van der Waals surface area contributed by atoms with Crippen LogP contribution in [0.3, 0.4) is 0 Å². The molecule has 2 amide bonds. The Bertz CT molecular complexity index is 558. The van der Waals surface area contributed by atoms with Crippen molar-refractivity contribution in [3.05, 3.63) is 28.8 Å². The minimum atomic E-state index is -0.747. The first kappa shape index (κ1) is 15.8. The summed E-state index contributed by atoms with van der Waals surface area (Å²) in [5.41, 5.74) is 5.92. The molecule has 7 heteroatoms. The molecule has 1 aliphatic rings. The number of ether oxygens (including phenoxy) is 1. The van der Waals surface area contributed by atoms with E-state index >= 15 is 0 Å². The minimum absolute atomic E-state index is 0.226. The van der Waals surface area contributed by atoms with Gasteiger partial charge in [0, 0.05) is 19.3 Å². The molecule has 1 saturated carbocycles. The van der Waals surface area contributed by atoms with Crippen molar-refractivity contribution in [2.24, 2.45) is 5.73 Å². The largest absolute Gasteiger partial charge is 0.383 e. The molecule has 0 saturated heterocycles. The molecule has 4 N–H and O–H groups in total. The number of carbonyl (C=O) groups excluding carboxylic acids is 2. The van der Waals surface area contributed by atoms with E-state index in [2.05, 4.69) is 10.6 Å². The summed E-state index contributed by atoms with van der Waals surface area (Å²) >= 11 is 6.08. The Morgan fingerprint density at radius 2 is 2.14 bits per heavy atom. The molecule has 0 spiro atoms. The maximum atomic E-state index is 11.9. The van der Waals surface area contributed by atoms with Crippen LogP contribution >= 0.6 is 11.6 Å². The molecule has 0 bridgehead atoms. The number of amides is 2. The SMILES string of the molecule is COCCNC(=O)c1ccc(NC(=O)C2(N)CC2)cc1Cl. The molecule has 1 aromatic rings. The van der Waals surface area contributed by atoms with Crippen molar-refractivity contribution in [1.82, 2.24) is 5.32 Å². The van der Waals surface area contributed by atoms with E-state index in [1.807, 2.05) is 0 Å². The van der Waals surface area contributed by atoms with E-state index in [1.165, 1.54) is 6.07 Å². The van der Waals surface area contributed by atoms with Crippen LogP contribution in [-0.2, 0) is 9.53 Å². The second-order valence-electron chi connectivity index (χ2n) is 5.05. The van der Waals surface area contributed by atoms with Crippen molar-refractivity contribution in [3.63, 3.8) is 0 Å². The number of hydrogen-bond acceptors (Lipinski definition) is 4. The number of hydrogen-bond donors (Lipinski definition) is 3. The van der Waals surface area contributed by atoms with Crippen molar-refractivity contribution < 1.29 is 14.3 Å². The zero-order chi connectivity index (χ0) is 15.5. The molecule has 114 valence electrons. The van der Waals surface area contributed by atoms with Gasteiger partial charge in [0.05, 0.1) is 22.7 Å². The van der Waals surface area contributed by atoms with Crippen molar-refractivity contribution in [2.45, 2.75) is 18.4 Å². The zero-order valence-corrected chi connectivity index (χ0v) is 12.5. The molecule has 1 fully saturated rings. The number of anilines is 1. The van der Waals surface area contributed by atoms with Crippen LogP contribution in [0.2, 0.25) is 5.02 Å². The van der Waals surface area contributed by atoms with Gasteiger partial charge in [0.2, 0.25) is 5.91 Å². The zero-order valence-electron chi connectivity index (χ0n) is 11.7. The van der Waals surface area contributed by atoms with Gasteiger partial charge in [-0.2, -0.15) is 0 Å². The van der Waals surface area contributed by atoms with E-state index in [9.17, 15) is 9.59 Å². The molecule has 0 atom stereocenters. The average Bonchev–Trinajstić information content (AvgIpc) is 3.18. The molecule has 6 nitrogen and oxygen atoms in total. The van der Waals surface area contributed by atoms with Crippen molar-refractivity contribution in [3.8, 4) is 0 Å². The van der Waals surface area contributed by atoms with Gasteiger partial charge < -0.3 is 21.1 Å². The van der Waals surface area contributed by atoms with E-state index in [4.69, 9.17) is 22.1 Å². The Kier molecular flexibility index (Phi) is 4.82. The summed E-state index contributed by atoms with van der Waals surface area (Å²) in [4.78, 5) is 23.7. The molecule has 0 unspecified atom stereocenters. The van der Waals surface area contributed by atoms with Crippen LogP contribution in [0, 0.1) is 0 Å². The standard InChI is InChI=1S/C14H18ClN3O3/c1-21-7-6-17-12(19)10-3-2-9(8-11(10)15)18-13(20)14(16)4-5-14/h2-3,8H,4-7,16H2,1H3,(H,17,19)(H,18,20). The Morgan fingerprint density at radius 3 is 2.71 bits per heavy atom. The highest BCUT2D eigenvalue weighted by Crippen LogP contribution is 2.33. The number of methoxy groups -OCH3 is 1. The maximum absolute atomic E-state index is 11.9. The number of halogens is 1. The smallest absolute Gasteiger partial charge is 0.252 e. The topological polar surface area (TPSA) is 93.5 Å². The van der Waals surface area contributed by atoms with Crippen LogP contribution in [0.15, 0.2) is 18.2 Å². The number of carbonyl (C=O) groups is 2. The summed E-state index contributed by atoms with van der Waals surface area (Å²) in [6.07, 6.45) is 1.37. The Balaban J connectivity index is 2.00. The molecule has 0 aliphatic heterocycles. The molecule has 1 aliphatic carbocycles. The molecular formula is C14H18ClN3O3. The van der Waals surface area contributed by atoms with Gasteiger partial charge in [-0.3, -0.25) is 9.59 Å². The summed E-state index contributed by atoms with van der Waals surface area (Å²) in [5.74, 6) is -0.511. The van der Waals surface area contributed by atoms with E-state index in [0.717, 1.165) is 0 Å². The molecule has 0 heterocycles. The molecule has 1 aromatic carbocycles. The fourth-order valence-corrected chi connectivity index (χ4v) is 2.02. The third kappa shape index (κ3) is 3.93. The summed E-state index contributed by atoms with van der Waals surface area (Å²) in [7, 11) is 1.56. The molecule has 21 heavy (non-hydrogen) atoms. The normalized spacial score (nSPS) is 15.4. The van der Waals surface area contributed by atoms with E-state index < -0.39 is 5.54 Å². The second kappa shape index (κ2) is 6.43. The second-order valence-corrected chi connectivity index (χ2v) is 5.46. The fraction of sp³-hybridized carbons (Fsp3) is 0.429. The third-order valence-corrected chi connectivity index (χ3v) is 3.62. The van der Waals surface area contributed by atoms with Crippen molar-refractivity contribution >= 4 is 29.1 Å².